The van der Waals surface area contributed by atoms with Gasteiger partial charge >= 0.3 is 0 Å². The molecule has 1 unspecified atom stereocenters. The smallest absolute Gasteiger partial charge is 0.0885 e. The Balaban J connectivity index is 2.79. The zero-order valence-corrected chi connectivity index (χ0v) is 8.16. The van der Waals surface area contributed by atoms with Gasteiger partial charge < -0.3 is 9.84 Å². The lowest BCUT2D eigenvalue weighted by Crippen LogP contribution is -2.01. The van der Waals surface area contributed by atoms with Gasteiger partial charge in [-0.3, -0.25) is 0 Å². The number of ether oxygens (including phenoxy) is 1. The van der Waals surface area contributed by atoms with Gasteiger partial charge in [0.15, 0.2) is 0 Å². The Hall–Kier alpha value is -1.02. The Morgan fingerprint density at radius 1 is 1.77 bits per heavy atom. The summed E-state index contributed by atoms with van der Waals surface area (Å²) in [6.45, 7) is 2.18. The maximum atomic E-state index is 9.07. The molecule has 2 heteroatoms. The molecule has 13 heavy (non-hydrogen) atoms. The van der Waals surface area contributed by atoms with Gasteiger partial charge in [0, 0.05) is 5.57 Å². The first-order chi connectivity index (χ1) is 6.27. The van der Waals surface area contributed by atoms with E-state index in [-0.39, 0.29) is 6.61 Å². The van der Waals surface area contributed by atoms with Crippen molar-refractivity contribution in [1.82, 2.24) is 0 Å². The van der Waals surface area contributed by atoms with E-state index in [2.05, 4.69) is 19.1 Å². The molecule has 0 radical (unpaired) electrons. The normalized spacial score (nSPS) is 22.8. The summed E-state index contributed by atoms with van der Waals surface area (Å²) in [6, 6.07) is 0. The van der Waals surface area contributed by atoms with Crippen LogP contribution in [0.5, 0.6) is 0 Å². The summed E-state index contributed by atoms with van der Waals surface area (Å²) in [5.41, 5.74) is 1.91. The second-order valence-electron chi connectivity index (χ2n) is 3.27. The predicted molar refractivity (Wildman–Crippen MR) is 53.2 cm³/mol. The van der Waals surface area contributed by atoms with Crippen LogP contribution in [0, 0.1) is 5.92 Å². The van der Waals surface area contributed by atoms with Crippen LogP contribution in [0.3, 0.4) is 0 Å². The summed E-state index contributed by atoms with van der Waals surface area (Å²) in [6.07, 6.45) is 8.98. The average molecular weight is 180 g/mol. The molecule has 1 aliphatic carbocycles. The molecule has 0 fully saturated rings. The van der Waals surface area contributed by atoms with Crippen molar-refractivity contribution >= 4 is 0 Å². The summed E-state index contributed by atoms with van der Waals surface area (Å²) in [4.78, 5) is 0. The molecule has 0 aromatic heterocycles. The van der Waals surface area contributed by atoms with Crippen molar-refractivity contribution in [1.29, 1.82) is 0 Å². The summed E-state index contributed by atoms with van der Waals surface area (Å²) in [5.74, 6) is 0.548. The lowest BCUT2D eigenvalue weighted by molar-refractivity contribution is 0.304. The van der Waals surface area contributed by atoms with E-state index in [0.717, 1.165) is 17.6 Å². The van der Waals surface area contributed by atoms with Crippen molar-refractivity contribution in [3.05, 3.63) is 35.6 Å². The van der Waals surface area contributed by atoms with E-state index < -0.39 is 0 Å². The fraction of sp³-hybridized carbons (Fsp3) is 0.455. The van der Waals surface area contributed by atoms with Gasteiger partial charge in [-0.15, -0.1) is 0 Å². The van der Waals surface area contributed by atoms with Crippen LogP contribution in [0.2, 0.25) is 0 Å². The lowest BCUT2D eigenvalue weighted by Gasteiger charge is -2.13. The summed E-state index contributed by atoms with van der Waals surface area (Å²) >= 11 is 0. The maximum Gasteiger partial charge on any atom is 0.0885 e. The molecule has 0 heterocycles. The zero-order valence-electron chi connectivity index (χ0n) is 8.16. The van der Waals surface area contributed by atoms with Gasteiger partial charge in [0.2, 0.25) is 0 Å². The van der Waals surface area contributed by atoms with Gasteiger partial charge in [0.1, 0.15) is 0 Å². The third kappa shape index (κ3) is 2.74. The van der Waals surface area contributed by atoms with E-state index in [4.69, 9.17) is 9.84 Å². The van der Waals surface area contributed by atoms with Crippen molar-refractivity contribution in [2.24, 2.45) is 5.92 Å². The molecule has 0 amide bonds. The van der Waals surface area contributed by atoms with E-state index in [0.29, 0.717) is 5.92 Å². The molecule has 0 aromatic carbocycles. The number of aliphatic hydroxyl groups excluding tert-OH is 1. The highest BCUT2D eigenvalue weighted by atomic mass is 16.5. The highest BCUT2D eigenvalue weighted by Gasteiger charge is 2.07. The van der Waals surface area contributed by atoms with Gasteiger partial charge in [0.25, 0.3) is 0 Å². The lowest BCUT2D eigenvalue weighted by atomic mass is 9.94. The first-order valence-corrected chi connectivity index (χ1v) is 4.49. The molecule has 2 nitrogen and oxygen atoms in total. The molecular formula is C11H16O2. The standard InChI is InChI=1S/C11H16O2/c1-9-4-3-5-10(6-9)11(7-12)8-13-2/h3,5-6,8-9,12H,4,7H2,1-2H3/b11-8-. The van der Waals surface area contributed by atoms with Gasteiger partial charge in [0.05, 0.1) is 20.0 Å². The number of methoxy groups -OCH3 is 1. The molecule has 72 valence electrons. The van der Waals surface area contributed by atoms with Gasteiger partial charge in [-0.2, -0.15) is 0 Å². The van der Waals surface area contributed by atoms with E-state index in [9.17, 15) is 0 Å². The number of aliphatic hydroxyl groups is 1. The zero-order chi connectivity index (χ0) is 9.68. The fourth-order valence-corrected chi connectivity index (χ4v) is 1.39. The Morgan fingerprint density at radius 3 is 3.08 bits per heavy atom. The van der Waals surface area contributed by atoms with Crippen LogP contribution in [0.1, 0.15) is 13.3 Å². The minimum atomic E-state index is 0.0245. The second kappa shape index (κ2) is 4.87. The number of allylic oxidation sites excluding steroid dienone is 3. The molecule has 1 rings (SSSR count). The van der Waals surface area contributed by atoms with Crippen LogP contribution in [0.15, 0.2) is 35.6 Å². The summed E-state index contributed by atoms with van der Waals surface area (Å²) < 4.78 is 4.89. The molecule has 0 saturated heterocycles. The molecule has 1 aliphatic rings. The Kier molecular flexibility index (Phi) is 3.77. The van der Waals surface area contributed by atoms with Crippen LogP contribution in [0.25, 0.3) is 0 Å². The molecule has 0 bridgehead atoms. The van der Waals surface area contributed by atoms with Crippen molar-refractivity contribution in [3.8, 4) is 0 Å². The molecule has 1 N–H and O–H groups in total. The van der Waals surface area contributed by atoms with Crippen molar-refractivity contribution in [2.75, 3.05) is 13.7 Å². The topological polar surface area (TPSA) is 29.5 Å². The van der Waals surface area contributed by atoms with Crippen LogP contribution in [-0.4, -0.2) is 18.8 Å². The van der Waals surface area contributed by atoms with E-state index >= 15 is 0 Å². The number of hydrogen-bond donors (Lipinski definition) is 1. The average Bonchev–Trinajstić information content (AvgIpc) is 2.14. The Bertz CT molecular complexity index is 249. The SMILES string of the molecule is CO/C=C(/CO)C1=CC(C)CC=C1. The predicted octanol–water partition coefficient (Wildman–Crippen LogP) is 2.03. The molecular weight excluding hydrogens is 164 g/mol. The second-order valence-corrected chi connectivity index (χ2v) is 3.27. The molecule has 0 aromatic rings. The number of hydrogen-bond acceptors (Lipinski definition) is 2. The van der Waals surface area contributed by atoms with Crippen molar-refractivity contribution in [3.63, 3.8) is 0 Å². The Morgan fingerprint density at radius 2 is 2.54 bits per heavy atom. The molecule has 0 aliphatic heterocycles. The Labute approximate surface area is 79.2 Å². The summed E-state index contributed by atoms with van der Waals surface area (Å²) in [7, 11) is 1.59. The largest absolute Gasteiger partial charge is 0.504 e. The molecule has 0 spiro atoms. The molecule has 1 atom stereocenters. The minimum Gasteiger partial charge on any atom is -0.504 e. The maximum absolute atomic E-state index is 9.07. The van der Waals surface area contributed by atoms with Gasteiger partial charge in [-0.05, 0) is 17.9 Å². The fourth-order valence-electron chi connectivity index (χ4n) is 1.39. The van der Waals surface area contributed by atoms with E-state index in [1.54, 1.807) is 13.4 Å². The quantitative estimate of drug-likeness (QED) is 0.673. The van der Waals surface area contributed by atoms with Crippen LogP contribution in [0.4, 0.5) is 0 Å². The highest BCUT2D eigenvalue weighted by molar-refractivity contribution is 5.41. The van der Waals surface area contributed by atoms with Gasteiger partial charge in [-0.1, -0.05) is 25.2 Å². The third-order valence-corrected chi connectivity index (χ3v) is 2.07. The van der Waals surface area contributed by atoms with Crippen LogP contribution >= 0.6 is 0 Å². The highest BCUT2D eigenvalue weighted by Crippen LogP contribution is 2.21. The van der Waals surface area contributed by atoms with E-state index in [1.807, 2.05) is 6.08 Å². The van der Waals surface area contributed by atoms with Crippen LogP contribution in [-0.2, 0) is 4.74 Å². The monoisotopic (exact) mass is 180 g/mol. The summed E-state index contributed by atoms with van der Waals surface area (Å²) in [5, 5.41) is 9.07. The van der Waals surface area contributed by atoms with Gasteiger partial charge in [-0.25, -0.2) is 0 Å². The van der Waals surface area contributed by atoms with Crippen molar-refractivity contribution in [2.45, 2.75) is 13.3 Å². The first-order valence-electron chi connectivity index (χ1n) is 4.49. The molecule has 0 saturated carbocycles. The number of rotatable bonds is 3. The van der Waals surface area contributed by atoms with Crippen LogP contribution < -0.4 is 0 Å². The minimum absolute atomic E-state index is 0.0245. The third-order valence-electron chi connectivity index (χ3n) is 2.07. The van der Waals surface area contributed by atoms with Crippen molar-refractivity contribution < 1.29 is 9.84 Å². The van der Waals surface area contributed by atoms with E-state index in [1.165, 1.54) is 0 Å². The first kappa shape index (κ1) is 10.1.